The van der Waals surface area contributed by atoms with Crippen LogP contribution in [0.1, 0.15) is 33.1 Å². The zero-order valence-electron chi connectivity index (χ0n) is 11.0. The lowest BCUT2D eigenvalue weighted by atomic mass is 10.2. The average Bonchev–Trinajstić information content (AvgIpc) is 2.31. The number of nitrogens with one attached hydrogen (secondary N) is 1. The van der Waals surface area contributed by atoms with Gasteiger partial charge in [-0.05, 0) is 45.4 Å². The lowest BCUT2D eigenvalue weighted by molar-refractivity contribution is -0.116. The highest BCUT2D eigenvalue weighted by Crippen LogP contribution is 2.21. The molecule has 0 spiro atoms. The quantitative estimate of drug-likeness (QED) is 0.726. The Balaban J connectivity index is 2.57. The molecule has 5 nitrogen and oxygen atoms in total. The number of rotatable bonds is 7. The maximum Gasteiger partial charge on any atom is 0.238 e. The van der Waals surface area contributed by atoms with E-state index in [2.05, 4.69) is 10.3 Å². The molecule has 5 heteroatoms. The molecule has 3 N–H and O–H groups in total. The van der Waals surface area contributed by atoms with Gasteiger partial charge in [0.2, 0.25) is 11.8 Å². The number of nitrogens with zero attached hydrogens (tertiary/aromatic N) is 1. The number of anilines is 1. The predicted octanol–water partition coefficient (Wildman–Crippen LogP) is 1.94. The van der Waals surface area contributed by atoms with E-state index in [0.29, 0.717) is 24.5 Å². The molecule has 0 aliphatic rings. The maximum absolute atomic E-state index is 11.7. The fraction of sp³-hybridized carbons (Fsp3) is 0.538. The van der Waals surface area contributed by atoms with Crippen molar-refractivity contribution in [3.8, 4) is 5.88 Å². The molecule has 0 radical (unpaired) electrons. The summed E-state index contributed by atoms with van der Waals surface area (Å²) in [4.78, 5) is 15.8. The topological polar surface area (TPSA) is 77.2 Å². The molecule has 0 bridgehead atoms. The highest BCUT2D eigenvalue weighted by molar-refractivity contribution is 5.91. The number of ether oxygens (including phenoxy) is 1. The number of nitrogens with two attached hydrogens (primary N) is 1. The van der Waals surface area contributed by atoms with Crippen molar-refractivity contribution in [2.75, 3.05) is 11.9 Å². The molecular formula is C13H21N3O2. The lowest BCUT2D eigenvalue weighted by Gasteiger charge is -2.13. The van der Waals surface area contributed by atoms with Gasteiger partial charge in [-0.2, -0.15) is 0 Å². The third-order valence-corrected chi connectivity index (χ3v) is 2.25. The van der Waals surface area contributed by atoms with Gasteiger partial charge in [-0.15, -0.1) is 0 Å². The summed E-state index contributed by atoms with van der Waals surface area (Å²) in [7, 11) is 0. The first-order valence-electron chi connectivity index (χ1n) is 6.25. The minimum atomic E-state index is -0.0370. The van der Waals surface area contributed by atoms with E-state index in [4.69, 9.17) is 10.5 Å². The van der Waals surface area contributed by atoms with Crippen molar-refractivity contribution in [2.45, 2.75) is 39.2 Å². The van der Waals surface area contributed by atoms with Crippen molar-refractivity contribution in [3.05, 3.63) is 18.3 Å². The number of unbranched alkanes of at least 4 members (excludes halogenated alkanes) is 1. The van der Waals surface area contributed by atoms with Crippen LogP contribution in [0.15, 0.2) is 18.3 Å². The van der Waals surface area contributed by atoms with Gasteiger partial charge in [0.15, 0.2) is 0 Å². The standard InChI is InChI=1S/C13H21N3O2/c1-10(2)18-13-11(6-5-9-15-13)16-12(17)7-3-4-8-14/h5-6,9-10H,3-4,7-8,14H2,1-2H3,(H,16,17). The minimum Gasteiger partial charge on any atom is -0.473 e. The number of aromatic nitrogens is 1. The minimum absolute atomic E-state index is 0.0211. The Kier molecular flexibility index (Phi) is 6.14. The summed E-state index contributed by atoms with van der Waals surface area (Å²) in [6.07, 6.45) is 3.78. The smallest absolute Gasteiger partial charge is 0.238 e. The summed E-state index contributed by atoms with van der Waals surface area (Å²) < 4.78 is 5.53. The fourth-order valence-corrected chi connectivity index (χ4v) is 1.45. The Morgan fingerprint density at radius 2 is 2.28 bits per heavy atom. The van der Waals surface area contributed by atoms with Gasteiger partial charge in [-0.3, -0.25) is 4.79 Å². The molecule has 0 aliphatic carbocycles. The van der Waals surface area contributed by atoms with Crippen molar-refractivity contribution < 1.29 is 9.53 Å². The van der Waals surface area contributed by atoms with Crippen molar-refractivity contribution in [3.63, 3.8) is 0 Å². The largest absolute Gasteiger partial charge is 0.473 e. The zero-order chi connectivity index (χ0) is 13.4. The number of pyridine rings is 1. The normalized spacial score (nSPS) is 10.4. The van der Waals surface area contributed by atoms with Gasteiger partial charge in [-0.1, -0.05) is 0 Å². The van der Waals surface area contributed by atoms with E-state index in [1.54, 1.807) is 18.3 Å². The maximum atomic E-state index is 11.7. The van der Waals surface area contributed by atoms with Crippen LogP contribution in [-0.4, -0.2) is 23.5 Å². The second-order valence-corrected chi connectivity index (χ2v) is 4.32. The first-order chi connectivity index (χ1) is 8.63. The van der Waals surface area contributed by atoms with Crippen LogP contribution in [0.2, 0.25) is 0 Å². The summed E-state index contributed by atoms with van der Waals surface area (Å²) in [5.41, 5.74) is 6.00. The van der Waals surface area contributed by atoms with Gasteiger partial charge in [0.25, 0.3) is 0 Å². The first kappa shape index (κ1) is 14.4. The molecule has 0 aromatic carbocycles. The molecular weight excluding hydrogens is 230 g/mol. The third kappa shape index (κ3) is 5.14. The Labute approximate surface area is 108 Å². The monoisotopic (exact) mass is 251 g/mol. The van der Waals surface area contributed by atoms with E-state index in [1.165, 1.54) is 0 Å². The SMILES string of the molecule is CC(C)Oc1ncccc1NC(=O)CCCCN. The molecule has 0 atom stereocenters. The van der Waals surface area contributed by atoms with Gasteiger partial charge >= 0.3 is 0 Å². The van der Waals surface area contributed by atoms with Gasteiger partial charge in [0.1, 0.15) is 5.69 Å². The Morgan fingerprint density at radius 1 is 1.50 bits per heavy atom. The molecule has 1 aromatic rings. The molecule has 1 amide bonds. The number of amides is 1. The number of carbonyl (C=O) groups is 1. The van der Waals surface area contributed by atoms with Crippen LogP contribution < -0.4 is 15.8 Å². The van der Waals surface area contributed by atoms with E-state index < -0.39 is 0 Å². The second kappa shape index (κ2) is 7.66. The molecule has 100 valence electrons. The van der Waals surface area contributed by atoms with Crippen LogP contribution in [0.3, 0.4) is 0 Å². The number of hydrogen-bond acceptors (Lipinski definition) is 4. The van der Waals surface area contributed by atoms with Gasteiger partial charge in [-0.25, -0.2) is 4.98 Å². The van der Waals surface area contributed by atoms with Crippen molar-refractivity contribution in [1.29, 1.82) is 0 Å². The third-order valence-electron chi connectivity index (χ3n) is 2.25. The van der Waals surface area contributed by atoms with Gasteiger partial charge < -0.3 is 15.8 Å². The average molecular weight is 251 g/mol. The van der Waals surface area contributed by atoms with Crippen molar-refractivity contribution in [1.82, 2.24) is 4.98 Å². The molecule has 1 aromatic heterocycles. The van der Waals surface area contributed by atoms with Crippen molar-refractivity contribution in [2.24, 2.45) is 5.73 Å². The van der Waals surface area contributed by atoms with Crippen LogP contribution in [0.4, 0.5) is 5.69 Å². The Morgan fingerprint density at radius 3 is 2.94 bits per heavy atom. The van der Waals surface area contributed by atoms with Crippen LogP contribution in [0, 0.1) is 0 Å². The van der Waals surface area contributed by atoms with Crippen LogP contribution in [0.5, 0.6) is 5.88 Å². The lowest BCUT2D eigenvalue weighted by Crippen LogP contribution is -2.15. The fourth-order valence-electron chi connectivity index (χ4n) is 1.45. The van der Waals surface area contributed by atoms with Gasteiger partial charge in [0.05, 0.1) is 6.10 Å². The molecule has 1 rings (SSSR count). The summed E-state index contributed by atoms with van der Waals surface area (Å²) in [6, 6.07) is 3.55. The molecule has 0 unspecified atom stereocenters. The first-order valence-corrected chi connectivity index (χ1v) is 6.25. The Bertz CT molecular complexity index is 380. The van der Waals surface area contributed by atoms with E-state index in [9.17, 15) is 4.79 Å². The van der Waals surface area contributed by atoms with E-state index in [0.717, 1.165) is 12.8 Å². The highest BCUT2D eigenvalue weighted by atomic mass is 16.5. The van der Waals surface area contributed by atoms with E-state index >= 15 is 0 Å². The predicted molar refractivity (Wildman–Crippen MR) is 71.5 cm³/mol. The van der Waals surface area contributed by atoms with E-state index in [-0.39, 0.29) is 12.0 Å². The molecule has 0 fully saturated rings. The summed E-state index contributed by atoms with van der Waals surface area (Å²) in [6.45, 7) is 4.45. The van der Waals surface area contributed by atoms with Crippen LogP contribution >= 0.6 is 0 Å². The Hall–Kier alpha value is -1.62. The van der Waals surface area contributed by atoms with Crippen molar-refractivity contribution >= 4 is 11.6 Å². The summed E-state index contributed by atoms with van der Waals surface area (Å²) >= 11 is 0. The summed E-state index contributed by atoms with van der Waals surface area (Å²) in [5.74, 6) is 0.421. The molecule has 1 heterocycles. The van der Waals surface area contributed by atoms with Crippen LogP contribution in [-0.2, 0) is 4.79 Å². The highest BCUT2D eigenvalue weighted by Gasteiger charge is 2.09. The number of carbonyl (C=O) groups excluding carboxylic acids is 1. The molecule has 18 heavy (non-hydrogen) atoms. The van der Waals surface area contributed by atoms with E-state index in [1.807, 2.05) is 13.8 Å². The summed E-state index contributed by atoms with van der Waals surface area (Å²) in [5, 5.41) is 2.81. The van der Waals surface area contributed by atoms with Crippen LogP contribution in [0.25, 0.3) is 0 Å². The molecule has 0 saturated heterocycles. The zero-order valence-corrected chi connectivity index (χ0v) is 11.0. The second-order valence-electron chi connectivity index (χ2n) is 4.32. The number of hydrogen-bond donors (Lipinski definition) is 2. The molecule has 0 aliphatic heterocycles. The molecule has 0 saturated carbocycles. The van der Waals surface area contributed by atoms with Gasteiger partial charge in [0, 0.05) is 12.6 Å².